The predicted octanol–water partition coefficient (Wildman–Crippen LogP) is 1.98. The van der Waals surface area contributed by atoms with Crippen molar-refractivity contribution in [3.8, 4) is 5.69 Å². The third-order valence-corrected chi connectivity index (χ3v) is 3.53. The van der Waals surface area contributed by atoms with Gasteiger partial charge < -0.3 is 0 Å². The Morgan fingerprint density at radius 3 is 2.57 bits per heavy atom. The zero-order chi connectivity index (χ0) is 15.5. The normalized spacial score (nSPS) is 11.6. The topological polar surface area (TPSA) is 103 Å². The summed E-state index contributed by atoms with van der Waals surface area (Å²) >= 11 is 1.03. The number of benzene rings is 1. The van der Waals surface area contributed by atoms with Crippen molar-refractivity contribution in [2.45, 2.75) is 11.8 Å². The molecule has 0 fully saturated rings. The van der Waals surface area contributed by atoms with Crippen molar-refractivity contribution in [1.29, 1.82) is 0 Å². The van der Waals surface area contributed by atoms with Crippen LogP contribution in [0.3, 0.4) is 0 Å². The number of hydrogen-bond acceptors (Lipinski definition) is 7. The second-order valence-corrected chi connectivity index (χ2v) is 5.86. The fourth-order valence-electron chi connectivity index (χ4n) is 1.62. The van der Waals surface area contributed by atoms with Gasteiger partial charge in [0.05, 0.1) is 16.3 Å². The molecule has 8 nitrogen and oxygen atoms in total. The fraction of sp³-hybridized carbons (Fsp3) is 0.182. The highest BCUT2D eigenvalue weighted by Gasteiger charge is 2.12. The fourth-order valence-corrected chi connectivity index (χ4v) is 2.20. The summed E-state index contributed by atoms with van der Waals surface area (Å²) in [5.41, 5.74) is 3.88. The van der Waals surface area contributed by atoms with Crippen molar-refractivity contribution in [3.63, 3.8) is 0 Å². The number of aryl methyl sites for hydroxylation is 1. The largest absolute Gasteiger partial charge is 0.294 e. The zero-order valence-electron chi connectivity index (χ0n) is 11.2. The molecular weight excluding hydrogens is 318 g/mol. The zero-order valence-corrected chi connectivity index (χ0v) is 12.8. The number of nitrogens with zero attached hydrogens (tertiary/aromatic N) is 2. The minimum absolute atomic E-state index is 0.188. The van der Waals surface area contributed by atoms with Crippen LogP contribution in [0.1, 0.15) is 5.69 Å². The van der Waals surface area contributed by atoms with Crippen LogP contribution in [-0.4, -0.2) is 29.0 Å². The first kappa shape index (κ1) is 15.8. The van der Waals surface area contributed by atoms with Crippen LogP contribution < -0.4 is 5.48 Å². The van der Waals surface area contributed by atoms with Crippen LogP contribution in [0.5, 0.6) is 0 Å². The van der Waals surface area contributed by atoms with E-state index in [2.05, 4.69) is 14.9 Å². The van der Waals surface area contributed by atoms with E-state index in [-0.39, 0.29) is 4.90 Å². The van der Waals surface area contributed by atoms with Gasteiger partial charge >= 0.3 is 0 Å². The average molecular weight is 331 g/mol. The summed E-state index contributed by atoms with van der Waals surface area (Å²) in [6, 6.07) is 7.31. The second-order valence-electron chi connectivity index (χ2n) is 3.97. The molecule has 21 heavy (non-hydrogen) atoms. The Morgan fingerprint density at radius 2 is 2.00 bits per heavy atom. The van der Waals surface area contributed by atoms with Crippen LogP contribution in [0.2, 0.25) is 0 Å². The minimum Gasteiger partial charge on any atom is -0.282 e. The monoisotopic (exact) mass is 331 g/mol. The summed E-state index contributed by atoms with van der Waals surface area (Å²) in [5, 5.41) is 4.25. The highest BCUT2D eigenvalue weighted by molar-refractivity contribution is 7.93. The molecule has 0 bridgehead atoms. The molecule has 0 aliphatic rings. The number of aromatic nitrogens is 2. The van der Waals surface area contributed by atoms with E-state index in [0.717, 1.165) is 17.7 Å². The van der Waals surface area contributed by atoms with Crippen molar-refractivity contribution in [2.75, 3.05) is 11.7 Å². The molecule has 0 atom stereocenters. The third-order valence-electron chi connectivity index (χ3n) is 2.46. The molecule has 0 amide bonds. The summed E-state index contributed by atoms with van der Waals surface area (Å²) in [7, 11) is -4.22. The van der Waals surface area contributed by atoms with E-state index in [1.54, 1.807) is 19.2 Å². The standard InChI is InChI=1S/C11H13N3O5S2/c1-8-7-11(13-18-19-20-2)14(12-8)9-3-5-10(6-4-9)21(15,16)17/h3-7,13H,1-2H3,(H,15,16,17). The van der Waals surface area contributed by atoms with Crippen molar-refractivity contribution < 1.29 is 22.3 Å². The van der Waals surface area contributed by atoms with E-state index in [4.69, 9.17) is 9.54 Å². The van der Waals surface area contributed by atoms with Crippen molar-refractivity contribution in [2.24, 2.45) is 0 Å². The first-order valence-corrected chi connectivity index (χ1v) is 8.28. The van der Waals surface area contributed by atoms with Gasteiger partial charge in [-0.2, -0.15) is 13.5 Å². The smallest absolute Gasteiger partial charge is 0.282 e. The Hall–Kier alpha value is -1.59. The van der Waals surface area contributed by atoms with Crippen molar-refractivity contribution in [3.05, 3.63) is 36.0 Å². The lowest BCUT2D eigenvalue weighted by atomic mass is 10.3. The Labute approximate surface area is 125 Å². The van der Waals surface area contributed by atoms with Crippen LogP contribution in [0.25, 0.3) is 5.69 Å². The van der Waals surface area contributed by atoms with Crippen LogP contribution in [0, 0.1) is 6.92 Å². The number of hydrogen-bond donors (Lipinski definition) is 2. The molecule has 0 spiro atoms. The van der Waals surface area contributed by atoms with Gasteiger partial charge in [-0.1, -0.05) is 0 Å². The van der Waals surface area contributed by atoms with E-state index in [1.807, 2.05) is 0 Å². The summed E-state index contributed by atoms with van der Waals surface area (Å²) < 4.78 is 37.1. The average Bonchev–Trinajstić information content (AvgIpc) is 2.79. The summed E-state index contributed by atoms with van der Waals surface area (Å²) in [5.74, 6) is 0.501. The Bertz CT molecular complexity index is 712. The number of rotatable bonds is 6. The van der Waals surface area contributed by atoms with E-state index in [0.29, 0.717) is 11.5 Å². The maximum absolute atomic E-state index is 11.0. The Balaban J connectivity index is 2.29. The molecule has 2 aromatic rings. The SMILES string of the molecule is CSOONc1cc(C)nn1-c1ccc(S(=O)(=O)O)cc1. The first-order chi connectivity index (χ1) is 9.91. The summed E-state index contributed by atoms with van der Waals surface area (Å²) in [4.78, 5) is 4.55. The lowest BCUT2D eigenvalue weighted by Gasteiger charge is -2.08. The van der Waals surface area contributed by atoms with Gasteiger partial charge in [0, 0.05) is 24.4 Å². The molecular formula is C11H13N3O5S2. The Kier molecular flexibility index (Phi) is 4.85. The second kappa shape index (κ2) is 6.45. The maximum atomic E-state index is 11.0. The molecule has 0 unspecified atom stereocenters. The molecule has 0 aliphatic heterocycles. The highest BCUT2D eigenvalue weighted by Crippen LogP contribution is 2.19. The van der Waals surface area contributed by atoms with E-state index >= 15 is 0 Å². The molecule has 0 saturated heterocycles. The molecule has 114 valence electrons. The minimum atomic E-state index is -4.22. The van der Waals surface area contributed by atoms with Gasteiger partial charge in [0.2, 0.25) is 0 Å². The molecule has 2 N–H and O–H groups in total. The maximum Gasteiger partial charge on any atom is 0.294 e. The molecule has 2 rings (SSSR count). The Morgan fingerprint density at radius 1 is 1.33 bits per heavy atom. The van der Waals surface area contributed by atoms with Crippen LogP contribution in [0.4, 0.5) is 5.82 Å². The molecule has 10 heteroatoms. The third kappa shape index (κ3) is 3.95. The van der Waals surface area contributed by atoms with Crippen LogP contribution >= 0.6 is 12.0 Å². The predicted molar refractivity (Wildman–Crippen MR) is 77.4 cm³/mol. The first-order valence-electron chi connectivity index (χ1n) is 5.69. The molecule has 1 aromatic heterocycles. The molecule has 1 heterocycles. The van der Waals surface area contributed by atoms with E-state index < -0.39 is 10.1 Å². The molecule has 0 radical (unpaired) electrons. The quantitative estimate of drug-likeness (QED) is 0.272. The van der Waals surface area contributed by atoms with E-state index in [1.165, 1.54) is 28.9 Å². The van der Waals surface area contributed by atoms with Crippen LogP contribution in [0.15, 0.2) is 35.2 Å². The van der Waals surface area contributed by atoms with Gasteiger partial charge in [-0.05, 0) is 31.2 Å². The van der Waals surface area contributed by atoms with Crippen LogP contribution in [-0.2, 0) is 19.4 Å². The number of anilines is 1. The van der Waals surface area contributed by atoms with Crippen molar-refractivity contribution >= 4 is 28.0 Å². The molecule has 0 aliphatic carbocycles. The van der Waals surface area contributed by atoms with E-state index in [9.17, 15) is 8.42 Å². The van der Waals surface area contributed by atoms with Gasteiger partial charge in [-0.15, -0.1) is 9.32 Å². The summed E-state index contributed by atoms with van der Waals surface area (Å²) in [6.07, 6.45) is 1.69. The lowest BCUT2D eigenvalue weighted by Crippen LogP contribution is -2.06. The van der Waals surface area contributed by atoms with Gasteiger partial charge in [-0.3, -0.25) is 4.55 Å². The number of nitrogens with one attached hydrogen (secondary N) is 1. The van der Waals surface area contributed by atoms with Gasteiger partial charge in [0.1, 0.15) is 0 Å². The van der Waals surface area contributed by atoms with Gasteiger partial charge in [-0.25, -0.2) is 10.2 Å². The highest BCUT2D eigenvalue weighted by atomic mass is 32.2. The molecule has 0 saturated carbocycles. The lowest BCUT2D eigenvalue weighted by molar-refractivity contribution is -0.161. The molecule has 1 aromatic carbocycles. The summed E-state index contributed by atoms with van der Waals surface area (Å²) in [6.45, 7) is 1.80. The van der Waals surface area contributed by atoms with Gasteiger partial charge in [0.25, 0.3) is 10.1 Å². The van der Waals surface area contributed by atoms with Gasteiger partial charge in [0.15, 0.2) is 5.82 Å². The van der Waals surface area contributed by atoms with Crippen molar-refractivity contribution in [1.82, 2.24) is 9.78 Å².